The lowest BCUT2D eigenvalue weighted by molar-refractivity contribution is -0.139. The summed E-state index contributed by atoms with van der Waals surface area (Å²) in [6, 6.07) is 9.85. The summed E-state index contributed by atoms with van der Waals surface area (Å²) in [7, 11) is 0. The fraction of sp³-hybridized carbons (Fsp3) is 0.682. The first-order valence-electron chi connectivity index (χ1n) is 10.3. The predicted molar refractivity (Wildman–Crippen MR) is 107 cm³/mol. The van der Waals surface area contributed by atoms with E-state index in [1.807, 2.05) is 0 Å². The molecule has 3 saturated carbocycles. The van der Waals surface area contributed by atoms with Gasteiger partial charge in [-0.2, -0.15) is 0 Å². The zero-order valence-electron chi connectivity index (χ0n) is 15.7. The fourth-order valence-electron chi connectivity index (χ4n) is 5.48. The largest absolute Gasteiger partial charge is 0.336 e. The van der Waals surface area contributed by atoms with Crippen LogP contribution in [0.15, 0.2) is 24.3 Å². The Labute approximate surface area is 163 Å². The van der Waals surface area contributed by atoms with E-state index in [0.717, 1.165) is 19.5 Å². The van der Waals surface area contributed by atoms with Gasteiger partial charge in [-0.1, -0.05) is 24.3 Å². The van der Waals surface area contributed by atoms with Crippen LogP contribution in [0.3, 0.4) is 0 Å². The molecular weight excluding hydrogens is 344 g/mol. The molecule has 1 atom stereocenters. The third-order valence-electron chi connectivity index (χ3n) is 7.42. The van der Waals surface area contributed by atoms with Crippen molar-refractivity contribution >= 4 is 18.3 Å². The first-order valence-corrected chi connectivity index (χ1v) is 10.3. The number of aryl methyl sites for hydroxylation is 1. The van der Waals surface area contributed by atoms with Crippen molar-refractivity contribution in [2.75, 3.05) is 13.1 Å². The molecule has 26 heavy (non-hydrogen) atoms. The number of hydrogen-bond acceptors (Lipinski definition) is 2. The Morgan fingerprint density at radius 3 is 2.46 bits per heavy atom. The van der Waals surface area contributed by atoms with Crippen LogP contribution in [-0.2, 0) is 4.79 Å². The second-order valence-electron chi connectivity index (χ2n) is 9.02. The van der Waals surface area contributed by atoms with Gasteiger partial charge in [-0.05, 0) is 87.4 Å². The Balaban J connectivity index is 0.00000168. The molecule has 1 aromatic rings. The van der Waals surface area contributed by atoms with Gasteiger partial charge >= 0.3 is 0 Å². The first-order chi connectivity index (χ1) is 12.2. The molecule has 1 aliphatic heterocycles. The van der Waals surface area contributed by atoms with E-state index in [2.05, 4.69) is 41.4 Å². The smallest absolute Gasteiger partial charge is 0.226 e. The second-order valence-corrected chi connectivity index (χ2v) is 9.02. The summed E-state index contributed by atoms with van der Waals surface area (Å²) in [6.07, 6.45) is 8.39. The summed E-state index contributed by atoms with van der Waals surface area (Å²) in [5, 5.41) is 3.45. The van der Waals surface area contributed by atoms with E-state index in [1.165, 1.54) is 49.7 Å². The van der Waals surface area contributed by atoms with Crippen LogP contribution in [0.1, 0.15) is 62.0 Å². The predicted octanol–water partition coefficient (Wildman–Crippen LogP) is 4.04. The number of rotatable bonds is 4. The van der Waals surface area contributed by atoms with Crippen molar-refractivity contribution in [2.45, 2.75) is 69.9 Å². The Morgan fingerprint density at radius 2 is 1.81 bits per heavy atom. The number of hydrogen-bond donors (Lipinski definition) is 1. The van der Waals surface area contributed by atoms with Gasteiger partial charge in [0.2, 0.25) is 5.91 Å². The van der Waals surface area contributed by atoms with Crippen LogP contribution in [0.2, 0.25) is 0 Å². The van der Waals surface area contributed by atoms with E-state index in [9.17, 15) is 4.79 Å². The Bertz CT molecular complexity index is 674. The van der Waals surface area contributed by atoms with Crippen LogP contribution in [0.5, 0.6) is 0 Å². The van der Waals surface area contributed by atoms with Gasteiger partial charge in [0.25, 0.3) is 0 Å². The SMILES string of the molecule is Cc1ccccc1C1CC(N(C(=O)C2CC23CCNCC3)C2CC2)C1.Cl. The van der Waals surface area contributed by atoms with Crippen LogP contribution < -0.4 is 5.32 Å². The molecular formula is C22H31ClN2O. The average Bonchev–Trinajstić information content (AvgIpc) is 3.49. The first kappa shape index (κ1) is 18.3. The van der Waals surface area contributed by atoms with Crippen LogP contribution in [0.4, 0.5) is 0 Å². The molecule has 0 radical (unpaired) electrons. The van der Waals surface area contributed by atoms with Crippen molar-refractivity contribution < 1.29 is 4.79 Å². The molecule has 0 bridgehead atoms. The molecule has 4 heteroatoms. The van der Waals surface area contributed by atoms with E-state index in [0.29, 0.717) is 35.2 Å². The third-order valence-corrected chi connectivity index (χ3v) is 7.42. The maximum absolute atomic E-state index is 13.3. The van der Waals surface area contributed by atoms with Crippen molar-refractivity contribution in [3.63, 3.8) is 0 Å². The van der Waals surface area contributed by atoms with Crippen molar-refractivity contribution in [1.82, 2.24) is 10.2 Å². The van der Waals surface area contributed by atoms with Gasteiger partial charge < -0.3 is 10.2 Å². The number of nitrogens with one attached hydrogen (secondary N) is 1. The number of carbonyl (C=O) groups excluding carboxylic acids is 1. The maximum atomic E-state index is 13.3. The monoisotopic (exact) mass is 374 g/mol. The molecule has 4 aliphatic rings. The van der Waals surface area contributed by atoms with Crippen molar-refractivity contribution in [3.05, 3.63) is 35.4 Å². The normalized spacial score (nSPS) is 31.7. The molecule has 1 heterocycles. The van der Waals surface area contributed by atoms with Gasteiger partial charge in [-0.3, -0.25) is 4.79 Å². The van der Waals surface area contributed by atoms with Gasteiger partial charge in [0.15, 0.2) is 0 Å². The minimum atomic E-state index is 0. The van der Waals surface area contributed by atoms with Crippen molar-refractivity contribution in [1.29, 1.82) is 0 Å². The Hall–Kier alpha value is -1.06. The van der Waals surface area contributed by atoms with Gasteiger partial charge in [-0.15, -0.1) is 12.4 Å². The van der Waals surface area contributed by atoms with Crippen LogP contribution in [0.25, 0.3) is 0 Å². The fourth-order valence-corrected chi connectivity index (χ4v) is 5.48. The highest BCUT2D eigenvalue weighted by molar-refractivity contribution is 5.85. The summed E-state index contributed by atoms with van der Waals surface area (Å²) in [5.74, 6) is 1.51. The quantitative estimate of drug-likeness (QED) is 0.862. The van der Waals surface area contributed by atoms with Crippen molar-refractivity contribution in [3.8, 4) is 0 Å². The Morgan fingerprint density at radius 1 is 1.12 bits per heavy atom. The van der Waals surface area contributed by atoms with E-state index in [1.54, 1.807) is 0 Å². The minimum Gasteiger partial charge on any atom is -0.336 e. The van der Waals surface area contributed by atoms with E-state index in [-0.39, 0.29) is 12.4 Å². The average molecular weight is 375 g/mol. The summed E-state index contributed by atoms with van der Waals surface area (Å²) in [6.45, 7) is 4.43. The number of amides is 1. The lowest BCUT2D eigenvalue weighted by Gasteiger charge is -2.44. The standard InChI is InChI=1S/C22H30N2O.ClH/c1-15-4-2-3-5-19(15)16-12-18(13-16)24(17-6-7-17)21(25)20-14-22(20)8-10-23-11-9-22;/h2-5,16-18,20,23H,6-14H2,1H3;1H. The van der Waals surface area contributed by atoms with Gasteiger partial charge in [-0.25, -0.2) is 0 Å². The highest BCUT2D eigenvalue weighted by Gasteiger charge is 2.60. The molecule has 1 N–H and O–H groups in total. The zero-order chi connectivity index (χ0) is 17.0. The van der Waals surface area contributed by atoms with Gasteiger partial charge in [0, 0.05) is 18.0 Å². The number of carbonyl (C=O) groups is 1. The lowest BCUT2D eigenvalue weighted by Crippen LogP contribution is -2.49. The van der Waals surface area contributed by atoms with Crippen molar-refractivity contribution in [2.24, 2.45) is 11.3 Å². The highest BCUT2D eigenvalue weighted by Crippen LogP contribution is 2.60. The number of nitrogens with zero attached hydrogens (tertiary/aromatic N) is 1. The van der Waals surface area contributed by atoms with Gasteiger partial charge in [0.1, 0.15) is 0 Å². The van der Waals surface area contributed by atoms with E-state index in [4.69, 9.17) is 0 Å². The summed E-state index contributed by atoms with van der Waals surface area (Å²) < 4.78 is 0. The van der Waals surface area contributed by atoms with E-state index < -0.39 is 0 Å². The number of piperidine rings is 1. The summed E-state index contributed by atoms with van der Waals surface area (Å²) in [4.78, 5) is 15.7. The number of halogens is 1. The topological polar surface area (TPSA) is 32.3 Å². The molecule has 1 spiro atoms. The molecule has 5 rings (SSSR count). The molecule has 0 aromatic heterocycles. The minimum absolute atomic E-state index is 0. The van der Waals surface area contributed by atoms with Crippen LogP contribution in [0, 0.1) is 18.3 Å². The molecule has 1 saturated heterocycles. The maximum Gasteiger partial charge on any atom is 0.226 e. The van der Waals surface area contributed by atoms with E-state index >= 15 is 0 Å². The Kier molecular flexibility index (Phi) is 4.81. The highest BCUT2D eigenvalue weighted by atomic mass is 35.5. The summed E-state index contributed by atoms with van der Waals surface area (Å²) >= 11 is 0. The third kappa shape index (κ3) is 3.07. The molecule has 142 valence electrons. The van der Waals surface area contributed by atoms with Gasteiger partial charge in [0.05, 0.1) is 0 Å². The molecule has 4 fully saturated rings. The molecule has 1 unspecified atom stereocenters. The molecule has 3 aliphatic carbocycles. The second kappa shape index (κ2) is 6.83. The molecule has 3 nitrogen and oxygen atoms in total. The summed E-state index contributed by atoms with van der Waals surface area (Å²) in [5.41, 5.74) is 3.28. The molecule has 1 amide bonds. The van der Waals surface area contributed by atoms with Crippen LogP contribution >= 0.6 is 12.4 Å². The molecule has 1 aromatic carbocycles. The number of benzene rings is 1. The zero-order valence-corrected chi connectivity index (χ0v) is 16.6. The lowest BCUT2D eigenvalue weighted by atomic mass is 9.73. The van der Waals surface area contributed by atoms with Crippen LogP contribution in [-0.4, -0.2) is 36.0 Å².